The molecule has 3 N–H and O–H groups in total. The Morgan fingerprint density at radius 3 is 2.30 bits per heavy atom. The molecule has 0 saturated carbocycles. The second-order valence-electron chi connectivity index (χ2n) is 7.04. The highest BCUT2D eigenvalue weighted by Crippen LogP contribution is 2.28. The molecule has 0 atom stereocenters. The number of ether oxygens (including phenoxy) is 1. The molecule has 0 aliphatic carbocycles. The van der Waals surface area contributed by atoms with E-state index in [1.54, 1.807) is 13.8 Å². The number of amides is 3. The van der Waals surface area contributed by atoms with Gasteiger partial charge in [0.2, 0.25) is 5.91 Å². The number of carbonyl (C=O) groups excluding carboxylic acids is 2. The van der Waals surface area contributed by atoms with Crippen LogP contribution in [0.4, 0.5) is 33.7 Å². The number of nitrogens with zero attached hydrogens (tertiary/aromatic N) is 1. The topological polar surface area (TPSA) is 92.4 Å². The predicted molar refractivity (Wildman–Crippen MR) is 102 cm³/mol. The number of rotatable bonds is 6. The van der Waals surface area contributed by atoms with E-state index in [1.165, 1.54) is 13.0 Å². The number of halogens is 4. The van der Waals surface area contributed by atoms with E-state index >= 15 is 0 Å². The molecule has 2 rings (SSSR count). The van der Waals surface area contributed by atoms with Gasteiger partial charge in [-0.2, -0.15) is 13.2 Å². The average molecular weight is 428 g/mol. The molecule has 1 aromatic carbocycles. The largest absolute Gasteiger partial charge is 0.491 e. The van der Waals surface area contributed by atoms with E-state index in [1.807, 2.05) is 0 Å². The van der Waals surface area contributed by atoms with Crippen LogP contribution in [-0.4, -0.2) is 29.1 Å². The van der Waals surface area contributed by atoms with Crippen molar-refractivity contribution in [3.63, 3.8) is 0 Å². The maximum Gasteiger partial charge on any atom is 0.433 e. The molecule has 0 radical (unpaired) electrons. The number of pyridine rings is 1. The zero-order valence-electron chi connectivity index (χ0n) is 16.4. The van der Waals surface area contributed by atoms with E-state index in [9.17, 15) is 27.2 Å². The summed E-state index contributed by atoms with van der Waals surface area (Å²) in [4.78, 5) is 26.4. The standard InChI is InChI=1S/C19H20F4N4O3/c1-11(28)27-18(2,3)10-30-15-7-12(20)6-14(8-15)26-17(29)25-13-4-5-16(24-9-13)19(21,22)23/h4-9H,10H2,1-3H3,(H,27,28)(H2,25,26,29). The minimum atomic E-state index is -4.59. The zero-order chi connectivity index (χ0) is 22.5. The Kier molecular flexibility index (Phi) is 6.85. The Morgan fingerprint density at radius 1 is 1.07 bits per heavy atom. The lowest BCUT2D eigenvalue weighted by molar-refractivity contribution is -0.141. The Balaban J connectivity index is 2.01. The molecule has 30 heavy (non-hydrogen) atoms. The van der Waals surface area contributed by atoms with E-state index < -0.39 is 29.3 Å². The van der Waals surface area contributed by atoms with Crippen molar-refractivity contribution in [3.8, 4) is 5.75 Å². The molecule has 0 aliphatic rings. The summed E-state index contributed by atoms with van der Waals surface area (Å²) in [6.45, 7) is 4.84. The maximum absolute atomic E-state index is 13.9. The van der Waals surface area contributed by atoms with Crippen LogP contribution in [0.2, 0.25) is 0 Å². The SMILES string of the molecule is CC(=O)NC(C)(C)COc1cc(F)cc(NC(=O)Nc2ccc(C(F)(F)F)nc2)c1. The Labute approximate surface area is 169 Å². The molecule has 0 bridgehead atoms. The number of urea groups is 1. The van der Waals surface area contributed by atoms with Crippen molar-refractivity contribution in [2.75, 3.05) is 17.2 Å². The Hall–Kier alpha value is -3.37. The van der Waals surface area contributed by atoms with Crippen LogP contribution in [0.15, 0.2) is 36.5 Å². The number of anilines is 2. The molecular formula is C19H20F4N4O3. The van der Waals surface area contributed by atoms with Crippen LogP contribution in [0.5, 0.6) is 5.75 Å². The van der Waals surface area contributed by atoms with Crippen LogP contribution in [0.3, 0.4) is 0 Å². The van der Waals surface area contributed by atoms with Gasteiger partial charge in [-0.1, -0.05) is 0 Å². The first-order valence-electron chi connectivity index (χ1n) is 8.67. The highest BCUT2D eigenvalue weighted by atomic mass is 19.4. The molecule has 0 spiro atoms. The second-order valence-corrected chi connectivity index (χ2v) is 7.04. The van der Waals surface area contributed by atoms with E-state index in [-0.39, 0.29) is 29.6 Å². The maximum atomic E-state index is 13.9. The lowest BCUT2D eigenvalue weighted by atomic mass is 10.1. The second kappa shape index (κ2) is 8.97. The number of hydrogen-bond donors (Lipinski definition) is 3. The van der Waals surface area contributed by atoms with Crippen molar-refractivity contribution in [2.45, 2.75) is 32.5 Å². The Morgan fingerprint density at radius 2 is 1.73 bits per heavy atom. The van der Waals surface area contributed by atoms with Crippen molar-refractivity contribution in [1.82, 2.24) is 10.3 Å². The molecule has 1 aromatic heterocycles. The normalized spacial score (nSPS) is 11.6. The fourth-order valence-electron chi connectivity index (χ4n) is 2.42. The lowest BCUT2D eigenvalue weighted by Gasteiger charge is -2.25. The van der Waals surface area contributed by atoms with E-state index in [0.29, 0.717) is 0 Å². The number of benzene rings is 1. The number of nitrogens with one attached hydrogen (secondary N) is 3. The number of carbonyl (C=O) groups is 2. The minimum absolute atomic E-state index is 0.0189. The molecule has 0 fully saturated rings. The monoisotopic (exact) mass is 428 g/mol. The third-order valence-electron chi connectivity index (χ3n) is 3.56. The molecule has 162 valence electrons. The van der Waals surface area contributed by atoms with Gasteiger partial charge in [0, 0.05) is 24.7 Å². The summed E-state index contributed by atoms with van der Waals surface area (Å²) in [5, 5.41) is 7.33. The van der Waals surface area contributed by atoms with Crippen molar-refractivity contribution in [3.05, 3.63) is 48.0 Å². The van der Waals surface area contributed by atoms with Gasteiger partial charge >= 0.3 is 12.2 Å². The van der Waals surface area contributed by atoms with Gasteiger partial charge in [-0.3, -0.25) is 4.79 Å². The van der Waals surface area contributed by atoms with Crippen LogP contribution in [0, 0.1) is 5.82 Å². The first-order valence-corrected chi connectivity index (χ1v) is 8.67. The molecule has 0 aliphatic heterocycles. The van der Waals surface area contributed by atoms with Gasteiger partial charge in [0.25, 0.3) is 0 Å². The summed E-state index contributed by atoms with van der Waals surface area (Å²) in [6.07, 6.45) is -3.74. The van der Waals surface area contributed by atoms with Crippen LogP contribution in [0.25, 0.3) is 0 Å². The fraction of sp³-hybridized carbons (Fsp3) is 0.316. The average Bonchev–Trinajstić information content (AvgIpc) is 2.58. The summed E-state index contributed by atoms with van der Waals surface area (Å²) in [5.74, 6) is -0.823. The van der Waals surface area contributed by atoms with Crippen molar-refractivity contribution < 1.29 is 31.9 Å². The summed E-state index contributed by atoms with van der Waals surface area (Å²) >= 11 is 0. The summed E-state index contributed by atoms with van der Waals surface area (Å²) in [5.41, 5.74) is -1.73. The van der Waals surface area contributed by atoms with Crippen molar-refractivity contribution >= 4 is 23.3 Å². The highest BCUT2D eigenvalue weighted by Gasteiger charge is 2.32. The van der Waals surface area contributed by atoms with E-state index in [2.05, 4.69) is 20.9 Å². The Bertz CT molecular complexity index is 915. The summed E-state index contributed by atoms with van der Waals surface area (Å²) < 4.78 is 56.9. The molecule has 1 heterocycles. The first-order chi connectivity index (χ1) is 13.8. The highest BCUT2D eigenvalue weighted by molar-refractivity contribution is 5.99. The van der Waals surface area contributed by atoms with Gasteiger partial charge in [-0.05, 0) is 32.0 Å². The molecule has 11 heteroatoms. The molecule has 0 saturated heterocycles. The van der Waals surface area contributed by atoms with Crippen LogP contribution in [0.1, 0.15) is 26.5 Å². The van der Waals surface area contributed by atoms with Crippen LogP contribution >= 0.6 is 0 Å². The van der Waals surface area contributed by atoms with E-state index in [0.717, 1.165) is 30.5 Å². The first kappa shape index (κ1) is 22.9. The third-order valence-corrected chi connectivity index (χ3v) is 3.56. The zero-order valence-corrected chi connectivity index (χ0v) is 16.4. The number of hydrogen-bond acceptors (Lipinski definition) is 4. The lowest BCUT2D eigenvalue weighted by Crippen LogP contribution is -2.46. The predicted octanol–water partition coefficient (Wildman–Crippen LogP) is 4.18. The smallest absolute Gasteiger partial charge is 0.433 e. The van der Waals surface area contributed by atoms with Gasteiger partial charge in [0.05, 0.1) is 17.4 Å². The van der Waals surface area contributed by atoms with Gasteiger partial charge in [-0.15, -0.1) is 0 Å². The third kappa shape index (κ3) is 7.22. The molecule has 3 amide bonds. The van der Waals surface area contributed by atoms with E-state index in [4.69, 9.17) is 4.74 Å². The minimum Gasteiger partial charge on any atom is -0.491 e. The molecule has 0 unspecified atom stereocenters. The van der Waals surface area contributed by atoms with Crippen molar-refractivity contribution in [2.24, 2.45) is 0 Å². The fourth-order valence-corrected chi connectivity index (χ4v) is 2.42. The number of aromatic nitrogens is 1. The molecular weight excluding hydrogens is 408 g/mol. The van der Waals surface area contributed by atoms with Gasteiger partial charge < -0.3 is 20.7 Å². The van der Waals surface area contributed by atoms with Gasteiger partial charge in [0.1, 0.15) is 23.9 Å². The molecule has 2 aromatic rings. The summed E-state index contributed by atoms with van der Waals surface area (Å²) in [6, 6.07) is 4.45. The van der Waals surface area contributed by atoms with Crippen LogP contribution < -0.4 is 20.7 Å². The van der Waals surface area contributed by atoms with Gasteiger partial charge in [0.15, 0.2) is 0 Å². The quantitative estimate of drug-likeness (QED) is 0.602. The van der Waals surface area contributed by atoms with Crippen LogP contribution in [-0.2, 0) is 11.0 Å². The van der Waals surface area contributed by atoms with Crippen molar-refractivity contribution in [1.29, 1.82) is 0 Å². The number of alkyl halides is 3. The molecule has 7 nitrogen and oxygen atoms in total. The summed E-state index contributed by atoms with van der Waals surface area (Å²) in [7, 11) is 0. The van der Waals surface area contributed by atoms with Gasteiger partial charge in [-0.25, -0.2) is 14.2 Å².